The Balaban J connectivity index is 2.05. The van der Waals surface area contributed by atoms with Crippen LogP contribution in [-0.4, -0.2) is 58.8 Å². The van der Waals surface area contributed by atoms with Gasteiger partial charge in [0.25, 0.3) is 0 Å². The lowest BCUT2D eigenvalue weighted by Gasteiger charge is -2.28. The SMILES string of the molecule is CC[C@@H](C)NC(=O)CSc1nnc(N2CCOCC2)n1CC(C)C. The van der Waals surface area contributed by atoms with Crippen LogP contribution >= 0.6 is 11.8 Å². The predicted molar refractivity (Wildman–Crippen MR) is 96.5 cm³/mol. The highest BCUT2D eigenvalue weighted by atomic mass is 32.2. The van der Waals surface area contributed by atoms with Crippen LogP contribution in [0.25, 0.3) is 0 Å². The molecule has 7 nitrogen and oxygen atoms in total. The first kappa shape index (κ1) is 19.1. The van der Waals surface area contributed by atoms with Gasteiger partial charge in [-0.1, -0.05) is 32.5 Å². The summed E-state index contributed by atoms with van der Waals surface area (Å²) in [6, 6.07) is 0.204. The summed E-state index contributed by atoms with van der Waals surface area (Å²) >= 11 is 1.45. The molecule has 1 fully saturated rings. The molecule has 2 heterocycles. The van der Waals surface area contributed by atoms with Gasteiger partial charge in [0.05, 0.1) is 19.0 Å². The lowest BCUT2D eigenvalue weighted by Crippen LogP contribution is -2.38. The molecule has 0 aliphatic carbocycles. The number of anilines is 1. The second-order valence-corrected chi connectivity index (χ2v) is 7.49. The molecule has 8 heteroatoms. The summed E-state index contributed by atoms with van der Waals surface area (Å²) in [5.74, 6) is 1.77. The van der Waals surface area contributed by atoms with E-state index in [4.69, 9.17) is 4.74 Å². The second-order valence-electron chi connectivity index (χ2n) is 6.55. The Morgan fingerprint density at radius 3 is 2.62 bits per heavy atom. The number of amides is 1. The Morgan fingerprint density at radius 2 is 2.00 bits per heavy atom. The van der Waals surface area contributed by atoms with Crippen LogP contribution in [0, 0.1) is 5.92 Å². The van der Waals surface area contributed by atoms with Crippen LogP contribution in [-0.2, 0) is 16.1 Å². The van der Waals surface area contributed by atoms with E-state index in [-0.39, 0.29) is 11.9 Å². The van der Waals surface area contributed by atoms with Crippen molar-refractivity contribution in [2.24, 2.45) is 5.92 Å². The molecule has 1 aliphatic heterocycles. The van der Waals surface area contributed by atoms with Gasteiger partial charge in [0.15, 0.2) is 5.16 Å². The fourth-order valence-corrected chi connectivity index (χ4v) is 3.21. The monoisotopic (exact) mass is 355 g/mol. The van der Waals surface area contributed by atoms with Crippen LogP contribution in [0.15, 0.2) is 5.16 Å². The molecule has 0 aromatic carbocycles. The predicted octanol–water partition coefficient (Wildman–Crippen LogP) is 1.78. The molecular weight excluding hydrogens is 326 g/mol. The van der Waals surface area contributed by atoms with Gasteiger partial charge >= 0.3 is 0 Å². The van der Waals surface area contributed by atoms with Gasteiger partial charge in [-0.2, -0.15) is 0 Å². The first-order chi connectivity index (χ1) is 11.5. The van der Waals surface area contributed by atoms with E-state index in [1.54, 1.807) is 0 Å². The first-order valence-electron chi connectivity index (χ1n) is 8.69. The van der Waals surface area contributed by atoms with Gasteiger partial charge in [-0.15, -0.1) is 10.2 Å². The normalized spacial score (nSPS) is 16.5. The Bertz CT molecular complexity index is 529. The fourth-order valence-electron chi connectivity index (χ4n) is 2.46. The van der Waals surface area contributed by atoms with E-state index in [0.29, 0.717) is 24.9 Å². The zero-order chi connectivity index (χ0) is 17.5. The topological polar surface area (TPSA) is 72.3 Å². The van der Waals surface area contributed by atoms with Crippen molar-refractivity contribution in [1.29, 1.82) is 0 Å². The largest absolute Gasteiger partial charge is 0.378 e. The van der Waals surface area contributed by atoms with Gasteiger partial charge < -0.3 is 15.0 Å². The van der Waals surface area contributed by atoms with E-state index >= 15 is 0 Å². The van der Waals surface area contributed by atoms with E-state index < -0.39 is 0 Å². The average Bonchev–Trinajstić information content (AvgIpc) is 2.95. The number of carbonyl (C=O) groups excluding carboxylic acids is 1. The van der Waals surface area contributed by atoms with Gasteiger partial charge in [-0.05, 0) is 19.3 Å². The fraction of sp³-hybridized carbons (Fsp3) is 0.812. The summed E-state index contributed by atoms with van der Waals surface area (Å²) < 4.78 is 7.55. The molecule has 1 amide bonds. The lowest BCUT2D eigenvalue weighted by molar-refractivity contribution is -0.119. The van der Waals surface area contributed by atoms with Crippen molar-refractivity contribution in [2.75, 3.05) is 37.0 Å². The van der Waals surface area contributed by atoms with Crippen molar-refractivity contribution in [3.8, 4) is 0 Å². The summed E-state index contributed by atoms with van der Waals surface area (Å²) in [4.78, 5) is 14.2. The highest BCUT2D eigenvalue weighted by molar-refractivity contribution is 7.99. The Morgan fingerprint density at radius 1 is 1.29 bits per heavy atom. The number of carbonyl (C=O) groups is 1. The van der Waals surface area contributed by atoms with Crippen molar-refractivity contribution in [2.45, 2.75) is 51.9 Å². The van der Waals surface area contributed by atoms with Gasteiger partial charge in [0.2, 0.25) is 11.9 Å². The molecule has 1 atom stereocenters. The van der Waals surface area contributed by atoms with Crippen LogP contribution in [0.4, 0.5) is 5.95 Å². The molecular formula is C16H29N5O2S. The summed E-state index contributed by atoms with van der Waals surface area (Å²) in [6.45, 7) is 12.4. The molecule has 0 unspecified atom stereocenters. The minimum Gasteiger partial charge on any atom is -0.378 e. The van der Waals surface area contributed by atoms with E-state index in [1.165, 1.54) is 11.8 Å². The van der Waals surface area contributed by atoms with Gasteiger partial charge in [-0.25, -0.2) is 0 Å². The number of hydrogen-bond acceptors (Lipinski definition) is 6. The van der Waals surface area contributed by atoms with Crippen LogP contribution in [0.1, 0.15) is 34.1 Å². The maximum absolute atomic E-state index is 12.0. The van der Waals surface area contributed by atoms with E-state index in [9.17, 15) is 4.79 Å². The molecule has 0 bridgehead atoms. The summed E-state index contributed by atoms with van der Waals surface area (Å²) in [5.41, 5.74) is 0. The van der Waals surface area contributed by atoms with Crippen molar-refractivity contribution < 1.29 is 9.53 Å². The van der Waals surface area contributed by atoms with Crippen molar-refractivity contribution in [3.05, 3.63) is 0 Å². The van der Waals surface area contributed by atoms with Crippen LogP contribution < -0.4 is 10.2 Å². The minimum absolute atomic E-state index is 0.0429. The maximum atomic E-state index is 12.0. The number of nitrogens with one attached hydrogen (secondary N) is 1. The molecule has 1 aliphatic rings. The molecule has 0 radical (unpaired) electrons. The Kier molecular flexibility index (Phi) is 7.36. The number of morpholine rings is 1. The van der Waals surface area contributed by atoms with Gasteiger partial charge in [0.1, 0.15) is 0 Å². The number of thioether (sulfide) groups is 1. The smallest absolute Gasteiger partial charge is 0.230 e. The number of ether oxygens (including phenoxy) is 1. The third-order valence-corrected chi connectivity index (χ3v) is 4.86. The number of hydrogen-bond donors (Lipinski definition) is 1. The van der Waals surface area contributed by atoms with Crippen molar-refractivity contribution in [3.63, 3.8) is 0 Å². The first-order valence-corrected chi connectivity index (χ1v) is 9.67. The molecule has 24 heavy (non-hydrogen) atoms. The number of nitrogens with zero attached hydrogens (tertiary/aromatic N) is 4. The summed E-state index contributed by atoms with van der Waals surface area (Å²) in [5, 5.41) is 12.5. The molecule has 1 N–H and O–H groups in total. The molecule has 0 saturated carbocycles. The van der Waals surface area contributed by atoms with Crippen molar-refractivity contribution >= 4 is 23.6 Å². The molecule has 0 spiro atoms. The van der Waals surface area contributed by atoms with Gasteiger partial charge in [-0.3, -0.25) is 9.36 Å². The Hall–Kier alpha value is -1.28. The molecule has 1 saturated heterocycles. The standard InChI is InChI=1S/C16H29N5O2S/c1-5-13(4)17-14(22)11-24-16-19-18-15(21(16)10-12(2)3)20-6-8-23-9-7-20/h12-13H,5-11H2,1-4H3,(H,17,22)/t13-/m1/s1. The number of aromatic nitrogens is 3. The van der Waals surface area contributed by atoms with E-state index in [0.717, 1.165) is 37.2 Å². The van der Waals surface area contributed by atoms with Crippen LogP contribution in [0.5, 0.6) is 0 Å². The van der Waals surface area contributed by atoms with E-state index in [1.807, 2.05) is 6.92 Å². The summed E-state index contributed by atoms with van der Waals surface area (Å²) in [6.07, 6.45) is 0.932. The van der Waals surface area contributed by atoms with Crippen LogP contribution in [0.3, 0.4) is 0 Å². The molecule has 1 aromatic heterocycles. The third-order valence-electron chi connectivity index (χ3n) is 3.89. The molecule has 2 rings (SSSR count). The highest BCUT2D eigenvalue weighted by Crippen LogP contribution is 2.24. The highest BCUT2D eigenvalue weighted by Gasteiger charge is 2.21. The van der Waals surface area contributed by atoms with E-state index in [2.05, 4.69) is 45.8 Å². The van der Waals surface area contributed by atoms with Crippen molar-refractivity contribution in [1.82, 2.24) is 20.1 Å². The van der Waals surface area contributed by atoms with Crippen LogP contribution in [0.2, 0.25) is 0 Å². The maximum Gasteiger partial charge on any atom is 0.230 e. The minimum atomic E-state index is 0.0429. The zero-order valence-corrected chi connectivity index (χ0v) is 15.9. The Labute approximate surface area is 148 Å². The lowest BCUT2D eigenvalue weighted by atomic mass is 10.2. The molecule has 136 valence electrons. The third kappa shape index (κ3) is 5.37. The second kappa shape index (κ2) is 9.27. The van der Waals surface area contributed by atoms with Gasteiger partial charge in [0, 0.05) is 25.7 Å². The summed E-state index contributed by atoms with van der Waals surface area (Å²) in [7, 11) is 0. The molecule has 1 aromatic rings. The number of rotatable bonds is 8. The average molecular weight is 356 g/mol. The zero-order valence-electron chi connectivity index (χ0n) is 15.1. The quantitative estimate of drug-likeness (QED) is 0.717.